The number of carbonyl (C=O) groups is 1. The number of carboxylic acids is 1. The van der Waals surface area contributed by atoms with Gasteiger partial charge in [-0.3, -0.25) is 9.69 Å². The van der Waals surface area contributed by atoms with E-state index < -0.39 is 11.4 Å². The van der Waals surface area contributed by atoms with Gasteiger partial charge in [0.1, 0.15) is 6.26 Å². The summed E-state index contributed by atoms with van der Waals surface area (Å²) in [5, 5.41) is 9.38. The molecule has 0 unspecified atom stereocenters. The van der Waals surface area contributed by atoms with Gasteiger partial charge in [-0.2, -0.15) is 0 Å². The summed E-state index contributed by atoms with van der Waals surface area (Å²) in [4.78, 5) is 18.1. The van der Waals surface area contributed by atoms with Crippen LogP contribution in [0.3, 0.4) is 0 Å². The summed E-state index contributed by atoms with van der Waals surface area (Å²) in [5.41, 5.74) is 0.0969. The number of hydrogen-bond acceptors (Lipinski definition) is 4. The lowest BCUT2D eigenvalue weighted by Gasteiger charge is -2.22. The SMILES string of the molecule is C[C@@H]1CN(Cc2coc(C(C)(C)C)n2)C[C@@]1(C)C(=O)O. The molecular weight excluding hydrogens is 256 g/mol. The Morgan fingerprint density at radius 2 is 2.25 bits per heavy atom. The number of oxazole rings is 1. The Balaban J connectivity index is 2.06. The van der Waals surface area contributed by atoms with Crippen molar-refractivity contribution in [3.63, 3.8) is 0 Å². The number of carboxylic acid groups (broad SMARTS) is 1. The van der Waals surface area contributed by atoms with E-state index in [0.29, 0.717) is 13.1 Å². The molecule has 1 aliphatic rings. The molecule has 1 aromatic heterocycles. The van der Waals surface area contributed by atoms with Gasteiger partial charge >= 0.3 is 5.97 Å². The molecule has 5 nitrogen and oxygen atoms in total. The van der Waals surface area contributed by atoms with Crippen LogP contribution in [0, 0.1) is 11.3 Å². The largest absolute Gasteiger partial charge is 0.481 e. The molecule has 2 atom stereocenters. The molecule has 0 aliphatic carbocycles. The second kappa shape index (κ2) is 4.88. The smallest absolute Gasteiger partial charge is 0.310 e. The van der Waals surface area contributed by atoms with E-state index in [9.17, 15) is 9.90 Å². The second-order valence-electron chi connectivity index (χ2n) is 7.19. The van der Waals surface area contributed by atoms with Crippen molar-refractivity contribution < 1.29 is 14.3 Å². The summed E-state index contributed by atoms with van der Waals surface area (Å²) >= 11 is 0. The quantitative estimate of drug-likeness (QED) is 0.921. The number of aromatic nitrogens is 1. The number of nitrogens with zero attached hydrogens (tertiary/aromatic N) is 2. The molecule has 0 spiro atoms. The number of aliphatic carboxylic acids is 1. The maximum atomic E-state index is 11.4. The van der Waals surface area contributed by atoms with Crippen LogP contribution in [-0.4, -0.2) is 34.0 Å². The Morgan fingerprint density at radius 1 is 1.60 bits per heavy atom. The monoisotopic (exact) mass is 280 g/mol. The highest BCUT2D eigenvalue weighted by atomic mass is 16.4. The summed E-state index contributed by atoms with van der Waals surface area (Å²) in [5.74, 6) is 0.137. The van der Waals surface area contributed by atoms with Crippen LogP contribution in [0.15, 0.2) is 10.7 Å². The molecule has 0 saturated carbocycles. The van der Waals surface area contributed by atoms with Crippen molar-refractivity contribution in [1.29, 1.82) is 0 Å². The van der Waals surface area contributed by atoms with E-state index in [-0.39, 0.29) is 11.3 Å². The second-order valence-corrected chi connectivity index (χ2v) is 7.19. The van der Waals surface area contributed by atoms with Gasteiger partial charge in [-0.1, -0.05) is 27.7 Å². The average Bonchev–Trinajstić information content (AvgIpc) is 2.85. The highest BCUT2D eigenvalue weighted by Gasteiger charge is 2.46. The predicted molar refractivity (Wildman–Crippen MR) is 75.4 cm³/mol. The van der Waals surface area contributed by atoms with Crippen LogP contribution in [0.1, 0.15) is 46.2 Å². The zero-order valence-corrected chi connectivity index (χ0v) is 12.9. The first-order valence-electron chi connectivity index (χ1n) is 7.03. The van der Waals surface area contributed by atoms with E-state index >= 15 is 0 Å². The van der Waals surface area contributed by atoms with Gasteiger partial charge in [-0.15, -0.1) is 0 Å². The zero-order chi connectivity index (χ0) is 15.1. The van der Waals surface area contributed by atoms with Crippen molar-refractivity contribution in [2.75, 3.05) is 13.1 Å². The maximum Gasteiger partial charge on any atom is 0.310 e. The van der Waals surface area contributed by atoms with E-state index in [1.807, 2.05) is 13.8 Å². The Bertz CT molecular complexity index is 503. The Morgan fingerprint density at radius 3 is 2.70 bits per heavy atom. The van der Waals surface area contributed by atoms with Crippen molar-refractivity contribution in [2.45, 2.75) is 46.6 Å². The maximum absolute atomic E-state index is 11.4. The van der Waals surface area contributed by atoms with E-state index in [2.05, 4.69) is 30.7 Å². The highest BCUT2D eigenvalue weighted by Crippen LogP contribution is 2.36. The van der Waals surface area contributed by atoms with Crippen molar-refractivity contribution in [3.05, 3.63) is 17.8 Å². The minimum atomic E-state index is -0.719. The Hall–Kier alpha value is -1.36. The van der Waals surface area contributed by atoms with E-state index in [1.165, 1.54) is 0 Å². The van der Waals surface area contributed by atoms with Gasteiger partial charge < -0.3 is 9.52 Å². The first-order chi connectivity index (χ1) is 9.13. The van der Waals surface area contributed by atoms with Gasteiger partial charge in [0.2, 0.25) is 0 Å². The third kappa shape index (κ3) is 2.73. The molecule has 1 fully saturated rings. The zero-order valence-electron chi connectivity index (χ0n) is 12.9. The Labute approximate surface area is 120 Å². The molecule has 2 heterocycles. The Kier molecular flexibility index (Phi) is 3.67. The number of hydrogen-bond donors (Lipinski definition) is 1. The summed E-state index contributed by atoms with van der Waals surface area (Å²) in [6, 6.07) is 0. The molecule has 0 radical (unpaired) electrons. The molecule has 20 heavy (non-hydrogen) atoms. The standard InChI is InChI=1S/C15H24N2O3/c1-10-6-17(9-15(10,5)13(18)19)7-11-8-20-12(16-11)14(2,3)4/h8,10H,6-7,9H2,1-5H3,(H,18,19)/t10-,15-/m1/s1. The van der Waals surface area contributed by atoms with Gasteiger partial charge in [-0.05, 0) is 12.8 Å². The van der Waals surface area contributed by atoms with Crippen molar-refractivity contribution in [3.8, 4) is 0 Å². The lowest BCUT2D eigenvalue weighted by Crippen LogP contribution is -2.34. The molecule has 1 aromatic rings. The highest BCUT2D eigenvalue weighted by molar-refractivity contribution is 5.75. The van der Waals surface area contributed by atoms with Gasteiger partial charge in [0, 0.05) is 25.0 Å². The fourth-order valence-corrected chi connectivity index (χ4v) is 2.63. The third-order valence-electron chi connectivity index (χ3n) is 4.24. The van der Waals surface area contributed by atoms with Crippen molar-refractivity contribution >= 4 is 5.97 Å². The molecule has 2 rings (SSSR count). The topological polar surface area (TPSA) is 66.6 Å². The van der Waals surface area contributed by atoms with Crippen LogP contribution in [0.4, 0.5) is 0 Å². The van der Waals surface area contributed by atoms with Crippen LogP contribution in [0.25, 0.3) is 0 Å². The third-order valence-corrected chi connectivity index (χ3v) is 4.24. The molecular formula is C15H24N2O3. The van der Waals surface area contributed by atoms with Crippen molar-refractivity contribution in [2.24, 2.45) is 11.3 Å². The predicted octanol–water partition coefficient (Wildman–Crippen LogP) is 2.51. The molecule has 0 amide bonds. The van der Waals surface area contributed by atoms with E-state index in [0.717, 1.165) is 18.1 Å². The molecule has 112 valence electrons. The summed E-state index contributed by atoms with van der Waals surface area (Å²) < 4.78 is 5.51. The minimum absolute atomic E-state index is 0.105. The van der Waals surface area contributed by atoms with Crippen LogP contribution in [0.5, 0.6) is 0 Å². The van der Waals surface area contributed by atoms with Crippen LogP contribution in [-0.2, 0) is 16.8 Å². The van der Waals surface area contributed by atoms with Crippen LogP contribution in [0.2, 0.25) is 0 Å². The first-order valence-corrected chi connectivity index (χ1v) is 7.03. The fraction of sp³-hybridized carbons (Fsp3) is 0.733. The van der Waals surface area contributed by atoms with Crippen LogP contribution >= 0.6 is 0 Å². The molecule has 5 heteroatoms. The van der Waals surface area contributed by atoms with Gasteiger partial charge in [0.15, 0.2) is 5.89 Å². The van der Waals surface area contributed by atoms with Crippen LogP contribution < -0.4 is 0 Å². The summed E-state index contributed by atoms with van der Waals surface area (Å²) in [6.07, 6.45) is 1.68. The molecule has 1 saturated heterocycles. The summed E-state index contributed by atoms with van der Waals surface area (Å²) in [7, 11) is 0. The van der Waals surface area contributed by atoms with Gasteiger partial charge in [0.05, 0.1) is 11.1 Å². The normalized spacial score (nSPS) is 27.9. The van der Waals surface area contributed by atoms with Gasteiger partial charge in [-0.25, -0.2) is 4.98 Å². The average molecular weight is 280 g/mol. The van der Waals surface area contributed by atoms with E-state index in [1.54, 1.807) is 6.26 Å². The minimum Gasteiger partial charge on any atom is -0.481 e. The molecule has 1 aliphatic heterocycles. The lowest BCUT2D eigenvalue weighted by atomic mass is 9.81. The number of likely N-dealkylation sites (tertiary alicyclic amines) is 1. The van der Waals surface area contributed by atoms with Crippen molar-refractivity contribution in [1.82, 2.24) is 9.88 Å². The first kappa shape index (κ1) is 15.0. The van der Waals surface area contributed by atoms with Gasteiger partial charge in [0.25, 0.3) is 0 Å². The van der Waals surface area contributed by atoms with E-state index in [4.69, 9.17) is 4.42 Å². The number of rotatable bonds is 3. The molecule has 0 bridgehead atoms. The molecule has 1 N–H and O–H groups in total. The lowest BCUT2D eigenvalue weighted by molar-refractivity contribution is -0.149. The summed E-state index contributed by atoms with van der Waals surface area (Å²) in [6.45, 7) is 12.0. The fourth-order valence-electron chi connectivity index (χ4n) is 2.63. The molecule has 0 aromatic carbocycles.